The Morgan fingerprint density at radius 1 is 1.37 bits per heavy atom. The normalized spacial score (nSPS) is 17.3. The van der Waals surface area contributed by atoms with Gasteiger partial charge in [-0.25, -0.2) is 0 Å². The average molecular weight is 282 g/mol. The van der Waals surface area contributed by atoms with Gasteiger partial charge in [-0.15, -0.1) is 0 Å². The van der Waals surface area contributed by atoms with Crippen molar-refractivity contribution in [2.75, 3.05) is 24.3 Å². The van der Waals surface area contributed by atoms with Gasteiger partial charge in [0.05, 0.1) is 16.9 Å². The number of amides is 1. The van der Waals surface area contributed by atoms with Crippen molar-refractivity contribution in [1.29, 1.82) is 0 Å². The molecule has 0 aliphatic heterocycles. The molecule has 2 rings (SSSR count). The van der Waals surface area contributed by atoms with Crippen LogP contribution in [0.25, 0.3) is 0 Å². The van der Waals surface area contributed by atoms with Gasteiger partial charge in [0.1, 0.15) is 0 Å². The fourth-order valence-corrected chi connectivity index (χ4v) is 2.65. The fourth-order valence-electron chi connectivity index (χ4n) is 2.48. The molecular weight excluding hydrogens is 262 g/mol. The predicted octanol–water partition coefficient (Wildman–Crippen LogP) is 2.62. The highest BCUT2D eigenvalue weighted by Gasteiger charge is 2.37. The summed E-state index contributed by atoms with van der Waals surface area (Å²) in [6, 6.07) is 5.45. The minimum Gasteiger partial charge on any atom is -0.376 e. The lowest BCUT2D eigenvalue weighted by Gasteiger charge is -2.24. The number of benzene rings is 1. The number of carbonyl (C=O) groups is 1. The number of nitrogens with two attached hydrogens (primary N) is 1. The molecule has 1 aliphatic carbocycles. The maximum atomic E-state index is 12.3. The zero-order valence-electron chi connectivity index (χ0n) is 11.4. The highest BCUT2D eigenvalue weighted by molar-refractivity contribution is 6.31. The molecule has 1 aromatic carbocycles. The minimum absolute atomic E-state index is 0.115. The summed E-state index contributed by atoms with van der Waals surface area (Å²) >= 11 is 6.00. The molecule has 1 aromatic rings. The van der Waals surface area contributed by atoms with Crippen molar-refractivity contribution < 1.29 is 4.79 Å². The number of anilines is 2. The molecule has 1 fully saturated rings. The zero-order valence-corrected chi connectivity index (χ0v) is 12.1. The molecule has 0 spiro atoms. The second kappa shape index (κ2) is 5.39. The summed E-state index contributed by atoms with van der Waals surface area (Å²) in [5, 5.41) is 3.52. The Labute approximate surface area is 118 Å². The Kier molecular flexibility index (Phi) is 4.02. The van der Waals surface area contributed by atoms with Gasteiger partial charge in [0.15, 0.2) is 0 Å². The molecule has 0 radical (unpaired) electrons. The summed E-state index contributed by atoms with van der Waals surface area (Å²) in [6.07, 6.45) is 3.52. The van der Waals surface area contributed by atoms with Gasteiger partial charge in [0.2, 0.25) is 5.91 Å². The van der Waals surface area contributed by atoms with E-state index in [1.54, 1.807) is 12.1 Å². The van der Waals surface area contributed by atoms with E-state index in [0.29, 0.717) is 10.7 Å². The molecule has 0 saturated heterocycles. The molecule has 1 saturated carbocycles. The van der Waals surface area contributed by atoms with Crippen LogP contribution in [-0.2, 0) is 4.79 Å². The molecule has 104 valence electrons. The van der Waals surface area contributed by atoms with Crippen LogP contribution in [0, 0.1) is 0 Å². The van der Waals surface area contributed by atoms with E-state index in [0.717, 1.165) is 31.4 Å². The van der Waals surface area contributed by atoms with Crippen LogP contribution in [0.2, 0.25) is 5.02 Å². The van der Waals surface area contributed by atoms with E-state index in [2.05, 4.69) is 5.32 Å². The van der Waals surface area contributed by atoms with Gasteiger partial charge in [-0.1, -0.05) is 24.4 Å². The summed E-state index contributed by atoms with van der Waals surface area (Å²) < 4.78 is 0. The summed E-state index contributed by atoms with van der Waals surface area (Å²) in [5.41, 5.74) is 7.05. The Morgan fingerprint density at radius 2 is 2.00 bits per heavy atom. The lowest BCUT2D eigenvalue weighted by Crippen LogP contribution is -2.48. The van der Waals surface area contributed by atoms with Gasteiger partial charge in [0, 0.05) is 19.1 Å². The van der Waals surface area contributed by atoms with Crippen LogP contribution in [0.1, 0.15) is 25.7 Å². The van der Waals surface area contributed by atoms with Crippen LogP contribution in [-0.4, -0.2) is 25.5 Å². The van der Waals surface area contributed by atoms with E-state index in [1.807, 2.05) is 25.1 Å². The largest absolute Gasteiger partial charge is 0.376 e. The van der Waals surface area contributed by atoms with Crippen LogP contribution in [0.3, 0.4) is 0 Å². The first-order chi connectivity index (χ1) is 8.92. The van der Waals surface area contributed by atoms with Crippen molar-refractivity contribution in [1.82, 2.24) is 0 Å². The summed E-state index contributed by atoms with van der Waals surface area (Å²) in [6.45, 7) is 0. The Balaban J connectivity index is 2.23. The van der Waals surface area contributed by atoms with Gasteiger partial charge in [-0.05, 0) is 31.0 Å². The Hall–Kier alpha value is -1.26. The van der Waals surface area contributed by atoms with Crippen molar-refractivity contribution in [2.45, 2.75) is 31.2 Å². The van der Waals surface area contributed by atoms with Crippen LogP contribution in [0.5, 0.6) is 0 Å². The number of halogens is 1. The van der Waals surface area contributed by atoms with Crippen LogP contribution < -0.4 is 16.0 Å². The smallest absolute Gasteiger partial charge is 0.244 e. The molecule has 0 aromatic heterocycles. The number of rotatable bonds is 3. The quantitative estimate of drug-likeness (QED) is 0.895. The Morgan fingerprint density at radius 3 is 2.58 bits per heavy atom. The molecule has 0 atom stereocenters. The topological polar surface area (TPSA) is 58.4 Å². The fraction of sp³-hybridized carbons (Fsp3) is 0.500. The first-order valence-electron chi connectivity index (χ1n) is 6.49. The van der Waals surface area contributed by atoms with E-state index >= 15 is 0 Å². The van der Waals surface area contributed by atoms with Crippen molar-refractivity contribution in [3.05, 3.63) is 23.2 Å². The van der Waals surface area contributed by atoms with E-state index < -0.39 is 5.54 Å². The van der Waals surface area contributed by atoms with Crippen molar-refractivity contribution in [2.24, 2.45) is 5.73 Å². The number of hydrogen-bond acceptors (Lipinski definition) is 3. The third-order valence-electron chi connectivity index (χ3n) is 3.64. The minimum atomic E-state index is -0.730. The first kappa shape index (κ1) is 14.2. The third kappa shape index (κ3) is 3.01. The number of nitrogens with zero attached hydrogens (tertiary/aromatic N) is 1. The second-order valence-electron chi connectivity index (χ2n) is 5.37. The van der Waals surface area contributed by atoms with Gasteiger partial charge in [-0.3, -0.25) is 4.79 Å². The van der Waals surface area contributed by atoms with Crippen molar-refractivity contribution >= 4 is 28.9 Å². The summed E-state index contributed by atoms with van der Waals surface area (Å²) in [4.78, 5) is 14.3. The molecule has 0 bridgehead atoms. The number of nitrogens with one attached hydrogen (secondary N) is 1. The molecule has 1 aliphatic rings. The lowest BCUT2D eigenvalue weighted by atomic mass is 9.98. The summed E-state index contributed by atoms with van der Waals surface area (Å²) in [5.74, 6) is -0.115. The molecule has 0 unspecified atom stereocenters. The standard InChI is InChI=1S/C14H20ClN3O/c1-18(2)12-6-5-10(15)9-11(12)17-13(19)14(16)7-3-4-8-14/h5-6,9H,3-4,7-8,16H2,1-2H3,(H,17,19). The van der Waals surface area contributed by atoms with E-state index in [1.165, 1.54) is 0 Å². The molecule has 19 heavy (non-hydrogen) atoms. The van der Waals surface area contributed by atoms with Gasteiger partial charge < -0.3 is 16.0 Å². The molecule has 0 heterocycles. The van der Waals surface area contributed by atoms with Gasteiger partial charge >= 0.3 is 0 Å². The van der Waals surface area contributed by atoms with E-state index in [-0.39, 0.29) is 5.91 Å². The maximum Gasteiger partial charge on any atom is 0.244 e. The monoisotopic (exact) mass is 281 g/mol. The van der Waals surface area contributed by atoms with Gasteiger partial charge in [-0.2, -0.15) is 0 Å². The third-order valence-corrected chi connectivity index (χ3v) is 3.87. The Bertz CT molecular complexity index is 482. The highest BCUT2D eigenvalue weighted by atomic mass is 35.5. The van der Waals surface area contributed by atoms with Crippen molar-refractivity contribution in [3.8, 4) is 0 Å². The van der Waals surface area contributed by atoms with E-state index in [9.17, 15) is 4.79 Å². The lowest BCUT2D eigenvalue weighted by molar-refractivity contribution is -0.120. The van der Waals surface area contributed by atoms with Crippen molar-refractivity contribution in [3.63, 3.8) is 0 Å². The second-order valence-corrected chi connectivity index (χ2v) is 5.81. The molecule has 5 heteroatoms. The average Bonchev–Trinajstić information content (AvgIpc) is 2.77. The number of hydrogen-bond donors (Lipinski definition) is 2. The molecule has 1 amide bonds. The van der Waals surface area contributed by atoms with Crippen LogP contribution in [0.15, 0.2) is 18.2 Å². The molecular formula is C14H20ClN3O. The van der Waals surface area contributed by atoms with Crippen LogP contribution in [0.4, 0.5) is 11.4 Å². The van der Waals surface area contributed by atoms with E-state index in [4.69, 9.17) is 17.3 Å². The maximum absolute atomic E-state index is 12.3. The molecule has 3 N–H and O–H groups in total. The molecule has 4 nitrogen and oxygen atoms in total. The predicted molar refractivity (Wildman–Crippen MR) is 79.8 cm³/mol. The van der Waals surface area contributed by atoms with Gasteiger partial charge in [0.25, 0.3) is 0 Å². The van der Waals surface area contributed by atoms with Crippen LogP contribution >= 0.6 is 11.6 Å². The SMILES string of the molecule is CN(C)c1ccc(Cl)cc1NC(=O)C1(N)CCCC1. The zero-order chi connectivity index (χ0) is 14.0. The summed E-state index contributed by atoms with van der Waals surface area (Å²) in [7, 11) is 3.85. The first-order valence-corrected chi connectivity index (χ1v) is 6.87. The highest BCUT2D eigenvalue weighted by Crippen LogP contribution is 2.32. The number of carbonyl (C=O) groups excluding carboxylic acids is 1.